The molecule has 27 heavy (non-hydrogen) atoms. The summed E-state index contributed by atoms with van der Waals surface area (Å²) < 4.78 is 13.3. The van der Waals surface area contributed by atoms with Gasteiger partial charge in [-0.1, -0.05) is 24.3 Å². The molecule has 0 saturated heterocycles. The van der Waals surface area contributed by atoms with Crippen molar-refractivity contribution in [3.05, 3.63) is 84.3 Å². The van der Waals surface area contributed by atoms with Gasteiger partial charge in [-0.05, 0) is 48.5 Å². The van der Waals surface area contributed by atoms with E-state index in [-0.39, 0.29) is 11.6 Å². The summed E-state index contributed by atoms with van der Waals surface area (Å²) in [4.78, 5) is 21.1. The number of carbonyl (C=O) groups excluding carboxylic acids is 1. The maximum absolute atomic E-state index is 13.3. The third kappa shape index (κ3) is 3.46. The number of anilines is 1. The summed E-state index contributed by atoms with van der Waals surface area (Å²) >= 11 is 0. The Kier molecular flexibility index (Phi) is 4.22. The van der Waals surface area contributed by atoms with Gasteiger partial charge >= 0.3 is 0 Å². The van der Waals surface area contributed by atoms with Crippen LogP contribution in [0, 0.1) is 5.95 Å². The zero-order valence-electron chi connectivity index (χ0n) is 14.1. The van der Waals surface area contributed by atoms with Crippen molar-refractivity contribution in [2.45, 2.75) is 0 Å². The molecule has 132 valence electrons. The number of aromatic hydroxyl groups is 1. The maximum Gasteiger partial charge on any atom is 0.257 e. The van der Waals surface area contributed by atoms with Gasteiger partial charge in [-0.2, -0.15) is 4.39 Å². The van der Waals surface area contributed by atoms with Gasteiger partial charge in [0, 0.05) is 10.9 Å². The zero-order chi connectivity index (χ0) is 18.8. The Morgan fingerprint density at radius 1 is 0.926 bits per heavy atom. The van der Waals surface area contributed by atoms with Crippen LogP contribution in [0.4, 0.5) is 10.2 Å². The van der Waals surface area contributed by atoms with E-state index in [4.69, 9.17) is 0 Å². The summed E-state index contributed by atoms with van der Waals surface area (Å²) in [5.74, 6) is -0.800. The molecular formula is C21H14FN3O2. The molecule has 2 N–H and O–H groups in total. The molecule has 0 aliphatic heterocycles. The average molecular weight is 359 g/mol. The number of hydrogen-bond donors (Lipinski definition) is 2. The highest BCUT2D eigenvalue weighted by molar-refractivity contribution is 6.12. The Bertz CT molecular complexity index is 1140. The molecule has 2 aromatic heterocycles. The molecule has 0 saturated carbocycles. The molecule has 4 rings (SSSR count). The lowest BCUT2D eigenvalue weighted by molar-refractivity contribution is 0.102. The first-order chi connectivity index (χ1) is 13.1. The predicted molar refractivity (Wildman–Crippen MR) is 101 cm³/mol. The lowest BCUT2D eigenvalue weighted by Crippen LogP contribution is -2.14. The number of phenols is 1. The molecule has 0 atom stereocenters. The number of rotatable bonds is 3. The molecule has 6 heteroatoms. The third-order valence-corrected chi connectivity index (χ3v) is 4.08. The SMILES string of the molecule is O=C(Nc1cccc(F)n1)c1cc(-c2ccc(O)cc2)nc2ccccc12. The fraction of sp³-hybridized carbons (Fsp3) is 0. The van der Waals surface area contributed by atoms with Crippen molar-refractivity contribution in [3.8, 4) is 17.0 Å². The van der Waals surface area contributed by atoms with Crippen LogP contribution in [0.1, 0.15) is 10.4 Å². The standard InChI is InChI=1S/C21H14FN3O2/c22-19-6-3-7-20(24-19)25-21(27)16-12-18(13-8-10-14(26)11-9-13)23-17-5-2-1-4-15(16)17/h1-12,26H,(H,24,25,27). The number of benzene rings is 2. The van der Waals surface area contributed by atoms with E-state index in [0.717, 1.165) is 5.56 Å². The lowest BCUT2D eigenvalue weighted by atomic mass is 10.0. The van der Waals surface area contributed by atoms with E-state index in [2.05, 4.69) is 15.3 Å². The Hall–Kier alpha value is -3.80. The van der Waals surface area contributed by atoms with Gasteiger partial charge in [0.05, 0.1) is 16.8 Å². The molecule has 0 radical (unpaired) electrons. The van der Waals surface area contributed by atoms with E-state index in [1.807, 2.05) is 18.2 Å². The number of hydrogen-bond acceptors (Lipinski definition) is 4. The van der Waals surface area contributed by atoms with Crippen molar-refractivity contribution < 1.29 is 14.3 Å². The number of phenolic OH excluding ortho intramolecular Hbond substituents is 1. The summed E-state index contributed by atoms with van der Waals surface area (Å²) in [6.45, 7) is 0. The molecule has 0 aliphatic carbocycles. The summed E-state index contributed by atoms with van der Waals surface area (Å²) in [7, 11) is 0. The normalized spacial score (nSPS) is 10.7. The highest BCUT2D eigenvalue weighted by Gasteiger charge is 2.15. The number of carbonyl (C=O) groups is 1. The van der Waals surface area contributed by atoms with Gasteiger partial charge < -0.3 is 10.4 Å². The van der Waals surface area contributed by atoms with E-state index in [9.17, 15) is 14.3 Å². The van der Waals surface area contributed by atoms with Crippen molar-refractivity contribution in [2.75, 3.05) is 5.32 Å². The number of halogens is 1. The van der Waals surface area contributed by atoms with Crippen LogP contribution in [0.5, 0.6) is 5.75 Å². The second kappa shape index (κ2) is 6.84. The first-order valence-corrected chi connectivity index (χ1v) is 8.23. The van der Waals surface area contributed by atoms with Gasteiger partial charge in [-0.25, -0.2) is 9.97 Å². The van der Waals surface area contributed by atoms with E-state index < -0.39 is 11.9 Å². The number of pyridine rings is 2. The largest absolute Gasteiger partial charge is 0.508 e. The number of amides is 1. The van der Waals surface area contributed by atoms with Gasteiger partial charge in [0.25, 0.3) is 5.91 Å². The van der Waals surface area contributed by atoms with Gasteiger partial charge in [0.2, 0.25) is 5.95 Å². The second-order valence-corrected chi connectivity index (χ2v) is 5.92. The van der Waals surface area contributed by atoms with Crippen molar-refractivity contribution >= 4 is 22.6 Å². The summed E-state index contributed by atoms with van der Waals surface area (Å²) in [6.07, 6.45) is 0. The van der Waals surface area contributed by atoms with Gasteiger partial charge in [-0.3, -0.25) is 4.79 Å². The van der Waals surface area contributed by atoms with E-state index in [0.29, 0.717) is 22.2 Å². The van der Waals surface area contributed by atoms with Crippen LogP contribution in [-0.2, 0) is 0 Å². The second-order valence-electron chi connectivity index (χ2n) is 5.92. The highest BCUT2D eigenvalue weighted by Crippen LogP contribution is 2.26. The smallest absolute Gasteiger partial charge is 0.257 e. The first kappa shape index (κ1) is 16.7. The molecule has 0 aliphatic rings. The first-order valence-electron chi connectivity index (χ1n) is 8.23. The number of para-hydroxylation sites is 1. The van der Waals surface area contributed by atoms with Crippen LogP contribution in [0.2, 0.25) is 0 Å². The lowest BCUT2D eigenvalue weighted by Gasteiger charge is -2.10. The fourth-order valence-corrected chi connectivity index (χ4v) is 2.80. The molecule has 1 amide bonds. The molecule has 0 fully saturated rings. The molecule has 2 heterocycles. The molecular weight excluding hydrogens is 345 g/mol. The molecule has 0 unspecified atom stereocenters. The predicted octanol–water partition coefficient (Wildman–Crippen LogP) is 4.39. The van der Waals surface area contributed by atoms with Crippen LogP contribution in [-0.4, -0.2) is 21.0 Å². The molecule has 0 bridgehead atoms. The number of aromatic nitrogens is 2. The average Bonchev–Trinajstić information content (AvgIpc) is 2.67. The van der Waals surface area contributed by atoms with Gasteiger partial charge in [0.1, 0.15) is 11.6 Å². The number of nitrogens with zero attached hydrogens (tertiary/aromatic N) is 2. The topological polar surface area (TPSA) is 75.1 Å². The minimum atomic E-state index is -0.669. The van der Waals surface area contributed by atoms with Crippen LogP contribution >= 0.6 is 0 Å². The minimum Gasteiger partial charge on any atom is -0.508 e. The van der Waals surface area contributed by atoms with Crippen molar-refractivity contribution in [3.63, 3.8) is 0 Å². The van der Waals surface area contributed by atoms with E-state index >= 15 is 0 Å². The van der Waals surface area contributed by atoms with Crippen LogP contribution in [0.25, 0.3) is 22.2 Å². The highest BCUT2D eigenvalue weighted by atomic mass is 19.1. The monoisotopic (exact) mass is 359 g/mol. The Labute approximate surface area is 154 Å². The number of fused-ring (bicyclic) bond motifs is 1. The quantitative estimate of drug-likeness (QED) is 0.532. The fourth-order valence-electron chi connectivity index (χ4n) is 2.80. The molecule has 4 aromatic rings. The summed E-state index contributed by atoms with van der Waals surface area (Å²) in [5.41, 5.74) is 2.40. The van der Waals surface area contributed by atoms with Crippen LogP contribution < -0.4 is 5.32 Å². The Balaban J connectivity index is 1.80. The summed E-state index contributed by atoms with van der Waals surface area (Å²) in [5, 5.41) is 12.8. The molecule has 0 spiro atoms. The van der Waals surface area contributed by atoms with Crippen molar-refractivity contribution in [1.29, 1.82) is 0 Å². The number of nitrogens with one attached hydrogen (secondary N) is 1. The minimum absolute atomic E-state index is 0.132. The van der Waals surface area contributed by atoms with Crippen molar-refractivity contribution in [1.82, 2.24) is 9.97 Å². The Morgan fingerprint density at radius 2 is 1.70 bits per heavy atom. The van der Waals surface area contributed by atoms with Crippen LogP contribution in [0.15, 0.2) is 72.8 Å². The summed E-state index contributed by atoms with van der Waals surface area (Å²) in [6, 6.07) is 19.7. The zero-order valence-corrected chi connectivity index (χ0v) is 14.1. The van der Waals surface area contributed by atoms with Crippen molar-refractivity contribution in [2.24, 2.45) is 0 Å². The van der Waals surface area contributed by atoms with Gasteiger partial charge in [-0.15, -0.1) is 0 Å². The molecule has 2 aromatic carbocycles. The van der Waals surface area contributed by atoms with E-state index in [1.54, 1.807) is 36.4 Å². The molecule has 5 nitrogen and oxygen atoms in total. The Morgan fingerprint density at radius 3 is 2.48 bits per heavy atom. The third-order valence-electron chi connectivity index (χ3n) is 4.08. The maximum atomic E-state index is 13.3. The van der Waals surface area contributed by atoms with E-state index in [1.165, 1.54) is 18.2 Å². The van der Waals surface area contributed by atoms with Crippen LogP contribution in [0.3, 0.4) is 0 Å². The van der Waals surface area contributed by atoms with Gasteiger partial charge in [0.15, 0.2) is 0 Å².